The first kappa shape index (κ1) is 21.4. The minimum atomic E-state index is -0.614. The van der Waals surface area contributed by atoms with Crippen LogP contribution in [0.1, 0.15) is 56.8 Å². The molecule has 27 heavy (non-hydrogen) atoms. The number of nitrogens with zero attached hydrogens (tertiary/aromatic N) is 1. The number of likely N-dealkylation sites (tertiary alicyclic amines) is 1. The first-order valence-corrected chi connectivity index (χ1v) is 9.96. The van der Waals surface area contributed by atoms with Gasteiger partial charge < -0.3 is 15.5 Å². The summed E-state index contributed by atoms with van der Waals surface area (Å²) in [5, 5.41) is 5.71. The average molecular weight is 378 g/mol. The zero-order valence-electron chi connectivity index (χ0n) is 16.6. The maximum absolute atomic E-state index is 13.0. The number of hydrogen-bond donors (Lipinski definition) is 2. The topological polar surface area (TPSA) is 61.4 Å². The van der Waals surface area contributed by atoms with Crippen LogP contribution in [0.4, 0.5) is 4.39 Å². The minimum absolute atomic E-state index is 0.0449. The standard InChI is InChI=1S/C21H32FN3O2/c1-15(2)19(24-20(26)17-8-10-18(22)11-9-17)21(27)23-12-6-14-25-13-5-4-7-16(25)3/h8-11,15-16,19H,4-7,12-14H2,1-3H3,(H,23,27)(H,24,26)/t16-,19+/m1/s1. The maximum atomic E-state index is 13.0. The Morgan fingerprint density at radius 2 is 1.93 bits per heavy atom. The van der Waals surface area contributed by atoms with E-state index in [1.807, 2.05) is 13.8 Å². The normalized spacial score (nSPS) is 18.9. The summed E-state index contributed by atoms with van der Waals surface area (Å²) in [5.41, 5.74) is 0.342. The van der Waals surface area contributed by atoms with Crippen LogP contribution in [0.3, 0.4) is 0 Å². The van der Waals surface area contributed by atoms with Crippen LogP contribution in [0, 0.1) is 11.7 Å². The molecular formula is C21H32FN3O2. The number of benzene rings is 1. The van der Waals surface area contributed by atoms with Crippen LogP contribution in [0.15, 0.2) is 24.3 Å². The van der Waals surface area contributed by atoms with Crippen LogP contribution in [-0.4, -0.2) is 48.4 Å². The Balaban J connectivity index is 1.80. The van der Waals surface area contributed by atoms with E-state index in [4.69, 9.17) is 0 Å². The highest BCUT2D eigenvalue weighted by atomic mass is 19.1. The van der Waals surface area contributed by atoms with Gasteiger partial charge in [0.15, 0.2) is 0 Å². The van der Waals surface area contributed by atoms with Gasteiger partial charge in [-0.05, 0) is 62.9 Å². The van der Waals surface area contributed by atoms with Gasteiger partial charge in [-0.3, -0.25) is 9.59 Å². The van der Waals surface area contributed by atoms with Crippen molar-refractivity contribution in [1.82, 2.24) is 15.5 Å². The molecular weight excluding hydrogens is 345 g/mol. The molecule has 1 heterocycles. The maximum Gasteiger partial charge on any atom is 0.251 e. The molecule has 1 aliphatic rings. The molecule has 1 saturated heterocycles. The third-order valence-electron chi connectivity index (χ3n) is 5.20. The molecule has 0 aromatic heterocycles. The van der Waals surface area contributed by atoms with E-state index >= 15 is 0 Å². The van der Waals surface area contributed by atoms with E-state index in [2.05, 4.69) is 22.5 Å². The fourth-order valence-electron chi connectivity index (χ4n) is 3.45. The molecule has 0 saturated carbocycles. The van der Waals surface area contributed by atoms with Gasteiger partial charge in [0.2, 0.25) is 5.91 Å². The molecule has 1 aromatic rings. The molecule has 2 atom stereocenters. The number of halogens is 1. The predicted molar refractivity (Wildman–Crippen MR) is 105 cm³/mol. The Hall–Kier alpha value is -1.95. The summed E-state index contributed by atoms with van der Waals surface area (Å²) < 4.78 is 13.0. The van der Waals surface area contributed by atoms with Crippen LogP contribution in [0.2, 0.25) is 0 Å². The number of rotatable bonds is 8. The van der Waals surface area contributed by atoms with Crippen molar-refractivity contribution >= 4 is 11.8 Å². The Labute approximate surface area is 161 Å². The van der Waals surface area contributed by atoms with Crippen molar-refractivity contribution in [2.75, 3.05) is 19.6 Å². The Bertz CT molecular complexity index is 618. The summed E-state index contributed by atoms with van der Waals surface area (Å²) in [4.78, 5) is 27.3. The lowest BCUT2D eigenvalue weighted by molar-refractivity contribution is -0.123. The van der Waals surface area contributed by atoms with E-state index in [-0.39, 0.29) is 17.7 Å². The average Bonchev–Trinajstić information content (AvgIpc) is 2.64. The molecule has 2 amide bonds. The van der Waals surface area contributed by atoms with Crippen LogP contribution in [0.5, 0.6) is 0 Å². The van der Waals surface area contributed by atoms with Gasteiger partial charge in [0.1, 0.15) is 11.9 Å². The second-order valence-electron chi connectivity index (χ2n) is 7.73. The van der Waals surface area contributed by atoms with Gasteiger partial charge in [0.05, 0.1) is 0 Å². The molecule has 0 aliphatic carbocycles. The fraction of sp³-hybridized carbons (Fsp3) is 0.619. The smallest absolute Gasteiger partial charge is 0.251 e. The molecule has 2 rings (SSSR count). The molecule has 2 N–H and O–H groups in total. The van der Waals surface area contributed by atoms with Crippen LogP contribution < -0.4 is 10.6 Å². The minimum Gasteiger partial charge on any atom is -0.354 e. The molecule has 0 unspecified atom stereocenters. The van der Waals surface area contributed by atoms with E-state index in [0.717, 1.165) is 19.5 Å². The predicted octanol–water partition coefficient (Wildman–Crippen LogP) is 2.96. The summed E-state index contributed by atoms with van der Waals surface area (Å²) in [6.45, 7) is 8.76. The molecule has 0 spiro atoms. The number of carbonyl (C=O) groups excluding carboxylic acids is 2. The summed E-state index contributed by atoms with van der Waals surface area (Å²) in [7, 11) is 0. The van der Waals surface area contributed by atoms with E-state index in [1.54, 1.807) is 0 Å². The SMILES string of the molecule is CC(C)[C@H](NC(=O)c1ccc(F)cc1)C(=O)NCCCN1CCCC[C@H]1C. The van der Waals surface area contributed by atoms with Crippen molar-refractivity contribution in [2.24, 2.45) is 5.92 Å². The molecule has 0 radical (unpaired) electrons. The lowest BCUT2D eigenvalue weighted by Crippen LogP contribution is -2.50. The second kappa shape index (κ2) is 10.4. The zero-order valence-corrected chi connectivity index (χ0v) is 16.6. The molecule has 1 fully saturated rings. The van der Waals surface area contributed by atoms with Crippen molar-refractivity contribution in [3.8, 4) is 0 Å². The number of amides is 2. The van der Waals surface area contributed by atoms with Gasteiger partial charge in [-0.1, -0.05) is 20.3 Å². The van der Waals surface area contributed by atoms with E-state index < -0.39 is 11.9 Å². The number of piperidine rings is 1. The molecule has 1 aromatic carbocycles. The fourth-order valence-corrected chi connectivity index (χ4v) is 3.45. The van der Waals surface area contributed by atoms with E-state index in [1.165, 1.54) is 43.5 Å². The van der Waals surface area contributed by atoms with Gasteiger partial charge in [-0.25, -0.2) is 4.39 Å². The number of hydrogen-bond acceptors (Lipinski definition) is 3. The summed E-state index contributed by atoms with van der Waals surface area (Å²) in [5.74, 6) is -0.984. The Morgan fingerprint density at radius 3 is 2.56 bits per heavy atom. The van der Waals surface area contributed by atoms with Crippen LogP contribution >= 0.6 is 0 Å². The first-order chi connectivity index (χ1) is 12.9. The molecule has 1 aliphatic heterocycles. The lowest BCUT2D eigenvalue weighted by atomic mass is 10.0. The highest BCUT2D eigenvalue weighted by Gasteiger charge is 2.24. The van der Waals surface area contributed by atoms with E-state index in [9.17, 15) is 14.0 Å². The first-order valence-electron chi connectivity index (χ1n) is 9.96. The third kappa shape index (κ3) is 6.61. The Morgan fingerprint density at radius 1 is 1.22 bits per heavy atom. The Kier molecular flexibility index (Phi) is 8.23. The van der Waals surface area contributed by atoms with E-state index in [0.29, 0.717) is 18.2 Å². The van der Waals surface area contributed by atoms with Gasteiger partial charge in [-0.15, -0.1) is 0 Å². The monoisotopic (exact) mass is 377 g/mol. The second-order valence-corrected chi connectivity index (χ2v) is 7.73. The number of carbonyl (C=O) groups is 2. The number of nitrogens with one attached hydrogen (secondary N) is 2. The lowest BCUT2D eigenvalue weighted by Gasteiger charge is -2.33. The molecule has 6 heteroatoms. The van der Waals surface area contributed by atoms with Gasteiger partial charge >= 0.3 is 0 Å². The largest absolute Gasteiger partial charge is 0.354 e. The highest BCUT2D eigenvalue weighted by Crippen LogP contribution is 2.16. The molecule has 5 nitrogen and oxygen atoms in total. The summed E-state index contributed by atoms with van der Waals surface area (Å²) >= 11 is 0. The van der Waals surface area contributed by atoms with Gasteiger partial charge in [0.25, 0.3) is 5.91 Å². The van der Waals surface area contributed by atoms with Crippen molar-refractivity contribution in [1.29, 1.82) is 0 Å². The summed E-state index contributed by atoms with van der Waals surface area (Å²) in [6, 6.07) is 5.31. The summed E-state index contributed by atoms with van der Waals surface area (Å²) in [6.07, 6.45) is 4.70. The van der Waals surface area contributed by atoms with Gasteiger partial charge in [0, 0.05) is 24.7 Å². The van der Waals surface area contributed by atoms with Crippen molar-refractivity contribution in [3.63, 3.8) is 0 Å². The van der Waals surface area contributed by atoms with Crippen molar-refractivity contribution < 1.29 is 14.0 Å². The van der Waals surface area contributed by atoms with Crippen LogP contribution in [0.25, 0.3) is 0 Å². The molecule has 0 bridgehead atoms. The van der Waals surface area contributed by atoms with Crippen LogP contribution in [-0.2, 0) is 4.79 Å². The zero-order chi connectivity index (χ0) is 19.8. The van der Waals surface area contributed by atoms with Gasteiger partial charge in [-0.2, -0.15) is 0 Å². The van der Waals surface area contributed by atoms with Crippen molar-refractivity contribution in [2.45, 2.75) is 58.5 Å². The third-order valence-corrected chi connectivity index (χ3v) is 5.20. The van der Waals surface area contributed by atoms with Crippen molar-refractivity contribution in [3.05, 3.63) is 35.6 Å². The quantitative estimate of drug-likeness (QED) is 0.685. The highest BCUT2D eigenvalue weighted by molar-refractivity contribution is 5.97. The molecule has 150 valence electrons.